The molecule has 0 fully saturated rings. The minimum atomic E-state index is 0. The fourth-order valence-electron chi connectivity index (χ4n) is 0.0722. The molecule has 30 N–H and O–H groups in total. The molecule has 24 heavy (non-hydrogen) atoms. The number of terminal acetylenes is 2. The molecular weight excluding hydrogens is 348 g/mol. The predicted molar refractivity (Wildman–Crippen MR) is 93.5 cm³/mol. The van der Waals surface area contributed by atoms with Crippen LogP contribution in [0.5, 0.6) is 0 Å². The maximum atomic E-state index is 5.62. The van der Waals surface area contributed by atoms with Gasteiger partial charge in [-0.25, -0.2) is 0 Å². The van der Waals surface area contributed by atoms with Gasteiger partial charge >= 0.3 is 17.6 Å². The number of rotatable bonds is 0. The van der Waals surface area contributed by atoms with Crippen molar-refractivity contribution >= 4 is 0 Å². The molecule has 15 nitrogen and oxygen atoms in total. The Bertz CT molecular complexity index is 219. The van der Waals surface area contributed by atoms with Gasteiger partial charge in [0.1, 0.15) is 0 Å². The van der Waals surface area contributed by atoms with Gasteiger partial charge < -0.3 is 76.7 Å². The molecule has 0 aliphatic carbocycles. The van der Waals surface area contributed by atoms with Gasteiger partial charge in [-0.05, 0) is 23.7 Å². The van der Waals surface area contributed by atoms with Crippen LogP contribution in [0.4, 0.5) is 0 Å². The van der Waals surface area contributed by atoms with Crippen LogP contribution in [0, 0.1) is 49.1 Å². The van der Waals surface area contributed by atoms with E-state index in [1.807, 2.05) is 0 Å². The van der Waals surface area contributed by atoms with Gasteiger partial charge in [0.2, 0.25) is 0 Å². The van der Waals surface area contributed by atoms with E-state index in [1.54, 1.807) is 0 Å². The second-order valence-corrected chi connectivity index (χ2v) is 0.664. The molecule has 0 aliphatic rings. The van der Waals surface area contributed by atoms with E-state index in [0.717, 1.165) is 0 Å². The van der Waals surface area contributed by atoms with Crippen LogP contribution in [-0.2, 0) is 0 Å². The van der Waals surface area contributed by atoms with Crippen LogP contribution < -0.4 is 0 Å². The van der Waals surface area contributed by atoms with Crippen LogP contribution in [0.15, 0.2) is 0 Å². The molecule has 0 aliphatic heterocycles. The van der Waals surface area contributed by atoms with Crippen LogP contribution in [0.3, 0.4) is 0 Å². The molecule has 0 unspecified atom stereocenters. The van der Waals surface area contributed by atoms with Crippen molar-refractivity contribution < 1.29 is 81.8 Å². The van der Waals surface area contributed by atoms with Gasteiger partial charge in [-0.15, -0.1) is 12.8 Å². The fraction of sp³-hybridized carbons (Fsp3) is 0.111. The van der Waals surface area contributed by atoms with E-state index in [-0.39, 0.29) is 84.1 Å². The Hall–Kier alpha value is -2.30. The zero-order chi connectivity index (χ0) is 7.54. The molecule has 0 aromatic heterocycles. The molecule has 0 saturated heterocycles. The van der Waals surface area contributed by atoms with Crippen molar-refractivity contribution in [3.8, 4) is 42.6 Å². The number of hydrogen-bond acceptors (Lipinski definition) is 0. The first-order chi connectivity index (χ1) is 4.33. The first-order valence-corrected chi connectivity index (χ1v) is 1.83. The quantitative estimate of drug-likeness (QED) is 0.213. The summed E-state index contributed by atoms with van der Waals surface area (Å²) in [4.78, 5) is 0. The van der Waals surface area contributed by atoms with E-state index in [4.69, 9.17) is 24.4 Å². The van der Waals surface area contributed by atoms with Crippen LogP contribution >= 0.6 is 0 Å². The van der Waals surface area contributed by atoms with E-state index in [1.165, 1.54) is 6.11 Å². The van der Waals surface area contributed by atoms with Gasteiger partial charge in [0.05, 0.1) is 0 Å². The zero-order valence-corrected chi connectivity index (χ0v) is 11.7. The molecule has 0 radical (unpaired) electrons. The summed E-state index contributed by atoms with van der Waals surface area (Å²) in [5, 5.41) is 5.62. The Morgan fingerprint density at radius 3 is 0.625 bits per heavy atom. The minimum absolute atomic E-state index is 0. The molecule has 160 valence electrons. The van der Waals surface area contributed by atoms with Crippen LogP contribution in [-0.4, -0.2) is 81.8 Å². The standard InChI is InChI=1S/C6H2.C2O.CH4.14H2O/c1-3-5-6-4-2;1-2-3;;;;;;;;;;;;;;;/h1-2H;;1H4;14*1H2/p+2. The third-order valence-corrected chi connectivity index (χ3v) is 0.207. The van der Waals surface area contributed by atoms with E-state index in [0.29, 0.717) is 0 Å². The van der Waals surface area contributed by atoms with Crippen LogP contribution in [0.2, 0.25) is 0 Å². The van der Waals surface area contributed by atoms with Crippen molar-refractivity contribution in [2.45, 2.75) is 7.43 Å². The van der Waals surface area contributed by atoms with Crippen molar-refractivity contribution in [1.82, 2.24) is 0 Å². The summed E-state index contributed by atoms with van der Waals surface area (Å²) >= 11 is 0. The molecule has 0 aromatic rings. The molecule has 0 aromatic carbocycles. The zero-order valence-electron chi connectivity index (χ0n) is 11.7. The summed E-state index contributed by atoms with van der Waals surface area (Å²) in [5.41, 5.74) is 0. The summed E-state index contributed by atoms with van der Waals surface area (Å²) in [6, 6.07) is 0. The van der Waals surface area contributed by atoms with Gasteiger partial charge in [0, 0.05) is 0 Å². The van der Waals surface area contributed by atoms with E-state index >= 15 is 0 Å². The average molecular weight is 384 g/mol. The van der Waals surface area contributed by atoms with Gasteiger partial charge in [0.25, 0.3) is 0 Å². The Morgan fingerprint density at radius 1 is 0.500 bits per heavy atom. The molecular formula is C9H36O15+2. The van der Waals surface area contributed by atoms with Gasteiger partial charge in [-0.1, -0.05) is 7.43 Å². The van der Waals surface area contributed by atoms with Gasteiger partial charge in [-0.3, -0.25) is 0 Å². The first kappa shape index (κ1) is 421. The average Bonchev–Trinajstić information content (AvgIpc) is 1.86. The third kappa shape index (κ3) is 14100. The molecule has 0 heterocycles. The Morgan fingerprint density at radius 2 is 0.583 bits per heavy atom. The second kappa shape index (κ2) is 1100. The monoisotopic (exact) mass is 384 g/mol. The normalized spacial score (nSPS) is 1.17. The van der Waals surface area contributed by atoms with Crippen molar-refractivity contribution in [2.75, 3.05) is 0 Å². The Kier molecular flexibility index (Phi) is 19300. The number of hydrogen-bond donors (Lipinski definition) is 0. The van der Waals surface area contributed by atoms with Crippen molar-refractivity contribution in [2.24, 2.45) is 0 Å². The van der Waals surface area contributed by atoms with Crippen LogP contribution in [0.25, 0.3) is 0 Å². The molecule has 0 amide bonds. The van der Waals surface area contributed by atoms with Gasteiger partial charge in [0.15, 0.2) is 0 Å². The van der Waals surface area contributed by atoms with Gasteiger partial charge in [-0.2, -0.15) is 0 Å². The molecule has 0 saturated carbocycles. The third-order valence-electron chi connectivity index (χ3n) is 0.207. The van der Waals surface area contributed by atoms with Crippen molar-refractivity contribution in [1.29, 1.82) is 0 Å². The molecule has 0 bridgehead atoms. The van der Waals surface area contributed by atoms with E-state index in [9.17, 15) is 0 Å². The topological polar surface area (TPSA) is 464 Å². The summed E-state index contributed by atoms with van der Waals surface area (Å²) in [6.45, 7) is 0. The predicted octanol–water partition coefficient (Wildman–Crippen LogP) is -11.4. The molecule has 15 heteroatoms. The van der Waals surface area contributed by atoms with Crippen molar-refractivity contribution in [3.63, 3.8) is 0 Å². The maximum absolute atomic E-state index is 5.62. The fourth-order valence-corrected chi connectivity index (χ4v) is 0.0722. The second-order valence-electron chi connectivity index (χ2n) is 0.664. The van der Waals surface area contributed by atoms with E-state index < -0.39 is 0 Å². The first-order valence-electron chi connectivity index (χ1n) is 1.83. The van der Waals surface area contributed by atoms with Crippen molar-refractivity contribution in [3.05, 3.63) is 6.42 Å². The van der Waals surface area contributed by atoms with E-state index in [2.05, 4.69) is 23.7 Å². The Labute approximate surface area is 139 Å². The summed E-state index contributed by atoms with van der Waals surface area (Å²) in [5.74, 6) is 8.61. The van der Waals surface area contributed by atoms with Crippen LogP contribution in [0.1, 0.15) is 7.43 Å². The SMILES string of the molecule is C.C#CC#CC#C.O.O.O.O.O.O.O.O.O.O.O.O.O.O.[C+]#C[OH2+]. The molecule has 0 atom stereocenters. The summed E-state index contributed by atoms with van der Waals surface area (Å²) in [6.07, 6.45) is 16.3. The molecule has 0 spiro atoms. The summed E-state index contributed by atoms with van der Waals surface area (Å²) < 4.78 is 0. The molecule has 0 rings (SSSR count). The Balaban J connectivity index is -0.00000000174. The summed E-state index contributed by atoms with van der Waals surface area (Å²) in [7, 11) is 0.